The smallest absolute Gasteiger partial charge is 0.0236 e. The van der Waals surface area contributed by atoms with Gasteiger partial charge in [0, 0.05) is 12.6 Å². The first-order valence-electron chi connectivity index (χ1n) is 5.88. The SMILES string of the molecule is NCCCN(Cc1ccccc1)C1CC1. The predicted molar refractivity (Wildman–Crippen MR) is 63.5 cm³/mol. The van der Waals surface area contributed by atoms with Crippen LogP contribution in [-0.4, -0.2) is 24.0 Å². The summed E-state index contributed by atoms with van der Waals surface area (Å²) in [6.07, 6.45) is 3.86. The van der Waals surface area contributed by atoms with Gasteiger partial charge in [0.05, 0.1) is 0 Å². The van der Waals surface area contributed by atoms with Gasteiger partial charge in [0.15, 0.2) is 0 Å². The minimum absolute atomic E-state index is 0.804. The van der Waals surface area contributed by atoms with Crippen molar-refractivity contribution in [2.75, 3.05) is 13.1 Å². The van der Waals surface area contributed by atoms with Gasteiger partial charge in [-0.15, -0.1) is 0 Å². The lowest BCUT2D eigenvalue weighted by atomic mass is 10.2. The van der Waals surface area contributed by atoms with Crippen molar-refractivity contribution in [3.05, 3.63) is 35.9 Å². The molecule has 0 bridgehead atoms. The molecule has 1 saturated carbocycles. The summed E-state index contributed by atoms with van der Waals surface area (Å²) in [6, 6.07) is 11.5. The second-order valence-electron chi connectivity index (χ2n) is 4.33. The molecule has 1 fully saturated rings. The molecule has 1 aliphatic carbocycles. The Hall–Kier alpha value is -0.860. The van der Waals surface area contributed by atoms with Gasteiger partial charge in [0.1, 0.15) is 0 Å². The van der Waals surface area contributed by atoms with Gasteiger partial charge in [0.25, 0.3) is 0 Å². The van der Waals surface area contributed by atoms with Crippen LogP contribution in [-0.2, 0) is 6.54 Å². The Kier molecular flexibility index (Phi) is 3.75. The summed E-state index contributed by atoms with van der Waals surface area (Å²) in [5.41, 5.74) is 6.98. The lowest BCUT2D eigenvalue weighted by Gasteiger charge is -2.21. The highest BCUT2D eigenvalue weighted by Gasteiger charge is 2.28. The molecule has 0 heterocycles. The minimum Gasteiger partial charge on any atom is -0.330 e. The van der Waals surface area contributed by atoms with Crippen molar-refractivity contribution in [2.24, 2.45) is 5.73 Å². The third-order valence-corrected chi connectivity index (χ3v) is 2.94. The lowest BCUT2D eigenvalue weighted by Crippen LogP contribution is -2.28. The van der Waals surface area contributed by atoms with E-state index < -0.39 is 0 Å². The van der Waals surface area contributed by atoms with E-state index in [2.05, 4.69) is 35.2 Å². The van der Waals surface area contributed by atoms with E-state index in [1.807, 2.05) is 0 Å². The van der Waals surface area contributed by atoms with Crippen molar-refractivity contribution in [2.45, 2.75) is 31.8 Å². The third-order valence-electron chi connectivity index (χ3n) is 2.94. The van der Waals surface area contributed by atoms with Crippen LogP contribution in [0.25, 0.3) is 0 Å². The third kappa shape index (κ3) is 3.33. The van der Waals surface area contributed by atoms with E-state index in [0.717, 1.165) is 32.1 Å². The first-order valence-corrected chi connectivity index (χ1v) is 5.88. The van der Waals surface area contributed by atoms with Gasteiger partial charge >= 0.3 is 0 Å². The first kappa shape index (κ1) is 10.7. The Morgan fingerprint density at radius 3 is 2.53 bits per heavy atom. The number of hydrogen-bond donors (Lipinski definition) is 1. The molecule has 0 aromatic heterocycles. The molecule has 0 amide bonds. The molecule has 1 aromatic carbocycles. The summed E-state index contributed by atoms with van der Waals surface area (Å²) in [6.45, 7) is 3.04. The highest BCUT2D eigenvalue weighted by Crippen LogP contribution is 2.28. The van der Waals surface area contributed by atoms with Gasteiger partial charge in [-0.25, -0.2) is 0 Å². The fourth-order valence-electron chi connectivity index (χ4n) is 1.94. The number of hydrogen-bond acceptors (Lipinski definition) is 2. The van der Waals surface area contributed by atoms with Crippen LogP contribution in [0.3, 0.4) is 0 Å². The molecule has 2 rings (SSSR count). The van der Waals surface area contributed by atoms with Gasteiger partial charge in [-0.05, 0) is 37.9 Å². The van der Waals surface area contributed by atoms with Crippen molar-refractivity contribution in [3.8, 4) is 0 Å². The summed E-state index contributed by atoms with van der Waals surface area (Å²) >= 11 is 0. The van der Waals surface area contributed by atoms with E-state index in [1.165, 1.54) is 18.4 Å². The van der Waals surface area contributed by atoms with Gasteiger partial charge < -0.3 is 5.73 Å². The Balaban J connectivity index is 1.88. The Morgan fingerprint density at radius 1 is 1.20 bits per heavy atom. The van der Waals surface area contributed by atoms with Crippen LogP contribution >= 0.6 is 0 Å². The molecule has 2 N–H and O–H groups in total. The standard InChI is InChI=1S/C13H20N2/c14-9-4-10-15(13-7-8-13)11-12-5-2-1-3-6-12/h1-3,5-6,13H,4,7-11,14H2. The van der Waals surface area contributed by atoms with Crippen LogP contribution in [0.1, 0.15) is 24.8 Å². The second kappa shape index (κ2) is 5.29. The van der Waals surface area contributed by atoms with E-state index in [1.54, 1.807) is 0 Å². The Morgan fingerprint density at radius 2 is 1.93 bits per heavy atom. The fourth-order valence-corrected chi connectivity index (χ4v) is 1.94. The fraction of sp³-hybridized carbons (Fsp3) is 0.538. The molecule has 0 radical (unpaired) electrons. The number of benzene rings is 1. The molecule has 2 heteroatoms. The van der Waals surface area contributed by atoms with E-state index in [4.69, 9.17) is 5.73 Å². The van der Waals surface area contributed by atoms with Crippen LogP contribution in [0, 0.1) is 0 Å². The largest absolute Gasteiger partial charge is 0.330 e. The Bertz CT molecular complexity index is 280. The van der Waals surface area contributed by atoms with Crippen LogP contribution in [0.2, 0.25) is 0 Å². The highest BCUT2D eigenvalue weighted by atomic mass is 15.2. The maximum absolute atomic E-state index is 5.56. The first-order chi connectivity index (χ1) is 7.40. The lowest BCUT2D eigenvalue weighted by molar-refractivity contribution is 0.253. The monoisotopic (exact) mass is 204 g/mol. The molecule has 0 atom stereocenters. The highest BCUT2D eigenvalue weighted by molar-refractivity contribution is 5.14. The zero-order valence-corrected chi connectivity index (χ0v) is 9.23. The molecule has 82 valence electrons. The van der Waals surface area contributed by atoms with Crippen molar-refractivity contribution in [1.29, 1.82) is 0 Å². The molecular weight excluding hydrogens is 184 g/mol. The van der Waals surface area contributed by atoms with Crippen molar-refractivity contribution >= 4 is 0 Å². The van der Waals surface area contributed by atoms with Crippen LogP contribution in [0.4, 0.5) is 0 Å². The molecule has 0 saturated heterocycles. The summed E-state index contributed by atoms with van der Waals surface area (Å²) in [4.78, 5) is 2.57. The van der Waals surface area contributed by atoms with E-state index >= 15 is 0 Å². The van der Waals surface area contributed by atoms with Crippen LogP contribution < -0.4 is 5.73 Å². The van der Waals surface area contributed by atoms with Crippen molar-refractivity contribution < 1.29 is 0 Å². The van der Waals surface area contributed by atoms with Gasteiger partial charge in [0.2, 0.25) is 0 Å². The van der Waals surface area contributed by atoms with E-state index in [-0.39, 0.29) is 0 Å². The maximum Gasteiger partial charge on any atom is 0.0236 e. The normalized spacial score (nSPS) is 15.9. The zero-order chi connectivity index (χ0) is 10.5. The summed E-state index contributed by atoms with van der Waals surface area (Å²) in [7, 11) is 0. The second-order valence-corrected chi connectivity index (χ2v) is 4.33. The topological polar surface area (TPSA) is 29.3 Å². The zero-order valence-electron chi connectivity index (χ0n) is 9.23. The summed E-state index contributed by atoms with van der Waals surface area (Å²) < 4.78 is 0. The number of rotatable bonds is 6. The Labute approximate surface area is 92.1 Å². The van der Waals surface area contributed by atoms with E-state index in [0.29, 0.717) is 0 Å². The summed E-state index contributed by atoms with van der Waals surface area (Å²) in [5, 5.41) is 0. The van der Waals surface area contributed by atoms with Gasteiger partial charge in [-0.2, -0.15) is 0 Å². The predicted octanol–water partition coefficient (Wildman–Crippen LogP) is 2.00. The minimum atomic E-state index is 0.804. The molecule has 1 aliphatic rings. The molecule has 15 heavy (non-hydrogen) atoms. The molecule has 1 aromatic rings. The molecule has 0 spiro atoms. The summed E-state index contributed by atoms with van der Waals surface area (Å²) in [5.74, 6) is 0. The molecular formula is C13H20N2. The average Bonchev–Trinajstić information content (AvgIpc) is 3.09. The van der Waals surface area contributed by atoms with Crippen LogP contribution in [0.15, 0.2) is 30.3 Å². The maximum atomic E-state index is 5.56. The van der Waals surface area contributed by atoms with Crippen LogP contribution in [0.5, 0.6) is 0 Å². The van der Waals surface area contributed by atoms with E-state index in [9.17, 15) is 0 Å². The van der Waals surface area contributed by atoms with Crippen molar-refractivity contribution in [1.82, 2.24) is 4.90 Å². The molecule has 2 nitrogen and oxygen atoms in total. The number of nitrogens with zero attached hydrogens (tertiary/aromatic N) is 1. The van der Waals surface area contributed by atoms with Crippen molar-refractivity contribution in [3.63, 3.8) is 0 Å². The van der Waals surface area contributed by atoms with Gasteiger partial charge in [-0.1, -0.05) is 30.3 Å². The molecule has 0 unspecified atom stereocenters. The van der Waals surface area contributed by atoms with Gasteiger partial charge in [-0.3, -0.25) is 4.90 Å². The quantitative estimate of drug-likeness (QED) is 0.768. The number of nitrogens with two attached hydrogens (primary N) is 1. The average molecular weight is 204 g/mol. The molecule has 0 aliphatic heterocycles.